The van der Waals surface area contributed by atoms with E-state index in [-0.39, 0.29) is 11.8 Å². The molecule has 0 unspecified atom stereocenters. The predicted molar refractivity (Wildman–Crippen MR) is 85.4 cm³/mol. The number of nitrogens with one attached hydrogen (secondary N) is 1. The second-order valence-corrected chi connectivity index (χ2v) is 6.06. The van der Waals surface area contributed by atoms with Crippen molar-refractivity contribution in [3.8, 4) is 0 Å². The van der Waals surface area contributed by atoms with E-state index in [1.165, 1.54) is 11.3 Å². The Labute approximate surface area is 128 Å². The summed E-state index contributed by atoms with van der Waals surface area (Å²) in [6, 6.07) is 10.3. The van der Waals surface area contributed by atoms with Crippen molar-refractivity contribution in [1.29, 1.82) is 0 Å². The molecule has 1 aromatic carbocycles. The van der Waals surface area contributed by atoms with E-state index in [1.807, 2.05) is 61.0 Å². The van der Waals surface area contributed by atoms with E-state index in [0.717, 1.165) is 11.4 Å². The van der Waals surface area contributed by atoms with Crippen LogP contribution in [-0.2, 0) is 4.79 Å². The van der Waals surface area contributed by atoms with Crippen LogP contribution in [-0.4, -0.2) is 11.9 Å². The molecule has 1 heterocycles. The highest BCUT2D eigenvalue weighted by molar-refractivity contribution is 7.08. The van der Waals surface area contributed by atoms with E-state index < -0.39 is 6.04 Å². The van der Waals surface area contributed by atoms with Crippen LogP contribution in [0.1, 0.15) is 20.3 Å². The molecule has 1 amide bonds. The van der Waals surface area contributed by atoms with Crippen LogP contribution in [0.5, 0.6) is 0 Å². The van der Waals surface area contributed by atoms with Crippen LogP contribution < -0.4 is 10.4 Å². The van der Waals surface area contributed by atoms with E-state index in [2.05, 4.69) is 0 Å². The van der Waals surface area contributed by atoms with Crippen LogP contribution in [0, 0.1) is 5.92 Å². The number of hydrogen-bond donors (Lipinski definition) is 1. The molecule has 0 spiro atoms. The Morgan fingerprint density at radius 1 is 1.24 bits per heavy atom. The van der Waals surface area contributed by atoms with Crippen LogP contribution >= 0.6 is 11.3 Å². The van der Waals surface area contributed by atoms with Crippen molar-refractivity contribution in [1.82, 2.24) is 5.54 Å². The number of rotatable bonds is 6. The fraction of sp³-hybridized carbons (Fsp3) is 0.312. The largest absolute Gasteiger partial charge is 0.279 e. The quantitative estimate of drug-likeness (QED) is 0.807. The summed E-state index contributed by atoms with van der Waals surface area (Å²) in [5.74, 6) is -0.0573. The number of anilines is 2. The van der Waals surface area contributed by atoms with E-state index in [0.29, 0.717) is 6.42 Å². The molecule has 1 N–H and O–H groups in total. The molecule has 2 aromatic rings. The molecule has 0 aliphatic rings. The van der Waals surface area contributed by atoms with Gasteiger partial charge in [0.1, 0.15) is 6.04 Å². The molecule has 3 nitrogen and oxygen atoms in total. The Morgan fingerprint density at radius 3 is 2.48 bits per heavy atom. The lowest BCUT2D eigenvalue weighted by Crippen LogP contribution is -2.42. The summed E-state index contributed by atoms with van der Waals surface area (Å²) >= 11 is 1.51. The normalized spacial score (nSPS) is 12.4. The first-order chi connectivity index (χ1) is 10.1. The lowest BCUT2D eigenvalue weighted by Gasteiger charge is -2.26. The van der Waals surface area contributed by atoms with Crippen molar-refractivity contribution in [3.63, 3.8) is 0 Å². The monoisotopic (exact) mass is 306 g/mol. The van der Waals surface area contributed by atoms with E-state index in [9.17, 15) is 9.28 Å². The van der Waals surface area contributed by atoms with Gasteiger partial charge in [-0.05, 0) is 35.9 Å². The highest BCUT2D eigenvalue weighted by Crippen LogP contribution is 2.28. The average molecular weight is 306 g/mol. The number of carbonyl (C=O) groups is 1. The van der Waals surface area contributed by atoms with Crippen molar-refractivity contribution in [2.75, 3.05) is 4.90 Å². The molecule has 5 heteroatoms. The van der Waals surface area contributed by atoms with Gasteiger partial charge in [0.15, 0.2) is 0 Å². The van der Waals surface area contributed by atoms with E-state index in [4.69, 9.17) is 0 Å². The summed E-state index contributed by atoms with van der Waals surface area (Å²) in [4.78, 5) is 14.3. The highest BCUT2D eigenvalue weighted by atomic mass is 32.1. The maximum Gasteiger partial charge on any atom is 0.251 e. The minimum Gasteiger partial charge on any atom is -0.279 e. The van der Waals surface area contributed by atoms with Crippen molar-refractivity contribution in [3.05, 3.63) is 47.2 Å². The number of thiophene rings is 1. The van der Waals surface area contributed by atoms with Gasteiger partial charge in [0.25, 0.3) is 5.91 Å². The molecular weight excluding hydrogens is 287 g/mol. The smallest absolute Gasteiger partial charge is 0.251 e. The molecule has 1 aromatic heterocycles. The number of benzene rings is 1. The molecule has 0 bridgehead atoms. The van der Waals surface area contributed by atoms with E-state index in [1.54, 1.807) is 10.4 Å². The topological polar surface area (TPSA) is 32.3 Å². The average Bonchev–Trinajstić information content (AvgIpc) is 2.99. The summed E-state index contributed by atoms with van der Waals surface area (Å²) in [6.45, 7) is 3.93. The molecule has 0 fully saturated rings. The Balaban J connectivity index is 2.34. The van der Waals surface area contributed by atoms with Gasteiger partial charge in [-0.3, -0.25) is 9.69 Å². The lowest BCUT2D eigenvalue weighted by atomic mass is 10.0. The molecule has 1 atom stereocenters. The summed E-state index contributed by atoms with van der Waals surface area (Å²) < 4.78 is 13.1. The number of nitrogens with zero attached hydrogens (tertiary/aromatic N) is 1. The molecule has 2 rings (SSSR count). The SMILES string of the molecule is CC(C)C[C@H](NF)C(=O)N(c1ccccc1)c1ccsc1. The van der Waals surface area contributed by atoms with Gasteiger partial charge in [-0.2, -0.15) is 11.3 Å². The van der Waals surface area contributed by atoms with Crippen LogP contribution in [0.2, 0.25) is 0 Å². The maximum atomic E-state index is 13.1. The Bertz CT molecular complexity index is 557. The highest BCUT2D eigenvalue weighted by Gasteiger charge is 2.27. The summed E-state index contributed by atoms with van der Waals surface area (Å²) in [5.41, 5.74) is 3.16. The zero-order valence-corrected chi connectivity index (χ0v) is 12.9. The van der Waals surface area contributed by atoms with Crippen molar-refractivity contribution in [2.45, 2.75) is 26.3 Å². The first kappa shape index (κ1) is 15.7. The zero-order valence-electron chi connectivity index (χ0n) is 12.1. The van der Waals surface area contributed by atoms with Gasteiger partial charge in [0.05, 0.1) is 5.69 Å². The summed E-state index contributed by atoms with van der Waals surface area (Å²) in [5, 5.41) is 3.79. The van der Waals surface area contributed by atoms with Gasteiger partial charge in [-0.25, -0.2) is 0 Å². The Hall–Kier alpha value is -1.72. The molecule has 0 aliphatic carbocycles. The molecule has 0 radical (unpaired) electrons. The fourth-order valence-electron chi connectivity index (χ4n) is 2.18. The molecule has 0 saturated carbocycles. The van der Waals surface area contributed by atoms with Crippen LogP contribution in [0.25, 0.3) is 0 Å². The number of para-hydroxylation sites is 1. The molecule has 0 aliphatic heterocycles. The summed E-state index contributed by atoms with van der Waals surface area (Å²) in [7, 11) is 0. The predicted octanol–water partition coefficient (Wildman–Crippen LogP) is 4.30. The van der Waals surface area contributed by atoms with Gasteiger partial charge in [-0.1, -0.05) is 32.0 Å². The zero-order chi connectivity index (χ0) is 15.2. The Morgan fingerprint density at radius 2 is 1.95 bits per heavy atom. The van der Waals surface area contributed by atoms with Gasteiger partial charge in [0, 0.05) is 11.1 Å². The standard InChI is InChI=1S/C16H19FN2OS/c1-12(2)10-15(18-17)16(20)19(14-8-9-21-11-14)13-6-4-3-5-7-13/h3-9,11-12,15,18H,10H2,1-2H3/t15-/m0/s1. The second kappa shape index (κ2) is 7.33. The molecule has 112 valence electrons. The van der Waals surface area contributed by atoms with Gasteiger partial charge < -0.3 is 0 Å². The van der Waals surface area contributed by atoms with Crippen LogP contribution in [0.3, 0.4) is 0 Å². The molecule has 21 heavy (non-hydrogen) atoms. The third kappa shape index (κ3) is 3.89. The van der Waals surface area contributed by atoms with Crippen LogP contribution in [0.15, 0.2) is 47.2 Å². The van der Waals surface area contributed by atoms with Crippen molar-refractivity contribution >= 4 is 28.6 Å². The first-order valence-corrected chi connectivity index (χ1v) is 7.85. The Kier molecular flexibility index (Phi) is 5.47. The number of halogens is 1. The van der Waals surface area contributed by atoms with Crippen molar-refractivity contribution < 1.29 is 9.28 Å². The minimum absolute atomic E-state index is 0.224. The number of carbonyl (C=O) groups excluding carboxylic acids is 1. The second-order valence-electron chi connectivity index (χ2n) is 5.28. The fourth-order valence-corrected chi connectivity index (χ4v) is 2.80. The van der Waals surface area contributed by atoms with Gasteiger partial charge in [-0.15, -0.1) is 10.0 Å². The first-order valence-electron chi connectivity index (χ1n) is 6.91. The molecule has 0 saturated heterocycles. The number of hydrogen-bond acceptors (Lipinski definition) is 3. The maximum absolute atomic E-state index is 13.1. The summed E-state index contributed by atoms with van der Waals surface area (Å²) in [6.07, 6.45) is 0.447. The van der Waals surface area contributed by atoms with E-state index >= 15 is 0 Å². The minimum atomic E-state index is -0.842. The molecular formula is C16H19FN2OS. The third-order valence-corrected chi connectivity index (χ3v) is 3.81. The van der Waals surface area contributed by atoms with Crippen LogP contribution in [0.4, 0.5) is 15.9 Å². The van der Waals surface area contributed by atoms with Gasteiger partial charge >= 0.3 is 0 Å². The number of amides is 1. The van der Waals surface area contributed by atoms with Gasteiger partial charge in [0.2, 0.25) is 0 Å². The third-order valence-electron chi connectivity index (χ3n) is 3.14. The van der Waals surface area contributed by atoms with Crippen molar-refractivity contribution in [2.24, 2.45) is 5.92 Å². The lowest BCUT2D eigenvalue weighted by molar-refractivity contribution is -0.121.